The number of hydrogen-bond donors (Lipinski definition) is 0. The molecule has 4 aliphatic rings. The Morgan fingerprint density at radius 2 is 0.900 bits per heavy atom. The van der Waals surface area contributed by atoms with Crippen LogP contribution in [0.5, 0.6) is 0 Å². The quantitative estimate of drug-likeness (QED) is 0.292. The molecule has 0 bridgehead atoms. The third kappa shape index (κ3) is 3.21. The van der Waals surface area contributed by atoms with Crippen molar-refractivity contribution >= 4 is 18.4 Å². The van der Waals surface area contributed by atoms with E-state index in [9.17, 15) is 4.79 Å². The average molecular weight is 384 g/mol. The summed E-state index contributed by atoms with van der Waals surface area (Å²) in [6.07, 6.45) is 5.27. The first kappa shape index (κ1) is 18.1. The lowest BCUT2D eigenvalue weighted by atomic mass is 10.00. The number of carbonyl (C=O) groups is 1. The van der Waals surface area contributed by atoms with Crippen LogP contribution in [0.25, 0.3) is 45.5 Å². The van der Waals surface area contributed by atoms with Gasteiger partial charge in [0.25, 0.3) is 0 Å². The molecule has 0 unspecified atom stereocenters. The molecule has 0 spiro atoms. The van der Waals surface area contributed by atoms with Gasteiger partial charge in [0.15, 0.2) is 6.29 Å². The first-order valence-electron chi connectivity index (χ1n) is 10.1. The SMILES string of the molecule is O=Cc1cc(-c2cc(/C=C/c3ccccc3)c3cccccc2-3)c2cccccc1-2. The Morgan fingerprint density at radius 1 is 0.433 bits per heavy atom. The van der Waals surface area contributed by atoms with E-state index in [0.717, 1.165) is 34.1 Å². The van der Waals surface area contributed by atoms with Crippen LogP contribution in [0, 0.1) is 0 Å². The molecule has 0 aliphatic heterocycles. The summed E-state index contributed by atoms with van der Waals surface area (Å²) in [5.41, 5.74) is 9.78. The third-order valence-electron chi connectivity index (χ3n) is 5.55. The zero-order valence-corrected chi connectivity index (χ0v) is 16.5. The largest absolute Gasteiger partial charge is 0.298 e. The Kier molecular flexibility index (Phi) is 4.71. The summed E-state index contributed by atoms with van der Waals surface area (Å²) < 4.78 is 0. The Labute approximate surface area is 176 Å². The fraction of sp³-hybridized carbons (Fsp3) is 0. The monoisotopic (exact) mass is 384 g/mol. The molecule has 5 rings (SSSR count). The summed E-state index contributed by atoms with van der Waals surface area (Å²) in [5, 5.41) is 0. The van der Waals surface area contributed by atoms with Crippen molar-refractivity contribution in [2.75, 3.05) is 0 Å². The Morgan fingerprint density at radius 3 is 1.47 bits per heavy atom. The zero-order valence-electron chi connectivity index (χ0n) is 16.5. The predicted molar refractivity (Wildman–Crippen MR) is 126 cm³/mol. The normalized spacial score (nSPS) is 11.3. The Bertz CT molecular complexity index is 1300. The van der Waals surface area contributed by atoms with E-state index < -0.39 is 0 Å². The van der Waals surface area contributed by atoms with Crippen LogP contribution < -0.4 is 0 Å². The van der Waals surface area contributed by atoms with Crippen molar-refractivity contribution in [2.24, 2.45) is 0 Å². The fourth-order valence-corrected chi connectivity index (χ4v) is 4.12. The second-order valence-corrected chi connectivity index (χ2v) is 7.36. The first-order valence-corrected chi connectivity index (χ1v) is 10.1. The number of fused-ring (bicyclic) bond motifs is 2. The van der Waals surface area contributed by atoms with Crippen molar-refractivity contribution in [1.82, 2.24) is 0 Å². The van der Waals surface area contributed by atoms with Crippen LogP contribution in [-0.4, -0.2) is 6.29 Å². The fourth-order valence-electron chi connectivity index (χ4n) is 4.12. The van der Waals surface area contributed by atoms with Crippen molar-refractivity contribution in [2.45, 2.75) is 0 Å². The van der Waals surface area contributed by atoms with Crippen LogP contribution in [0.15, 0.2) is 103 Å². The molecular weight excluding hydrogens is 364 g/mol. The maximum atomic E-state index is 11.7. The lowest BCUT2D eigenvalue weighted by Crippen LogP contribution is -1.77. The Hall–Kier alpha value is -3.97. The minimum absolute atomic E-state index is 0.729. The van der Waals surface area contributed by atoms with Gasteiger partial charge in [-0.1, -0.05) is 103 Å². The van der Waals surface area contributed by atoms with Gasteiger partial charge >= 0.3 is 0 Å². The molecule has 1 aromatic rings. The summed E-state index contributed by atoms with van der Waals surface area (Å²) >= 11 is 0. The van der Waals surface area contributed by atoms with E-state index in [1.807, 2.05) is 48.5 Å². The van der Waals surface area contributed by atoms with Crippen molar-refractivity contribution < 1.29 is 4.79 Å². The molecule has 1 aromatic carbocycles. The van der Waals surface area contributed by atoms with Gasteiger partial charge in [0.05, 0.1) is 0 Å². The molecule has 1 heteroatoms. The number of hydrogen-bond acceptors (Lipinski definition) is 1. The molecule has 0 atom stereocenters. The van der Waals surface area contributed by atoms with E-state index in [-0.39, 0.29) is 0 Å². The average Bonchev–Trinajstić information content (AvgIpc) is 3.05. The molecule has 0 fully saturated rings. The van der Waals surface area contributed by atoms with E-state index in [0.29, 0.717) is 0 Å². The highest BCUT2D eigenvalue weighted by Gasteiger charge is 2.21. The minimum atomic E-state index is 0.729. The summed E-state index contributed by atoms with van der Waals surface area (Å²) in [5.74, 6) is 0. The van der Waals surface area contributed by atoms with Crippen molar-refractivity contribution in [1.29, 1.82) is 0 Å². The van der Waals surface area contributed by atoms with Gasteiger partial charge in [0, 0.05) is 5.56 Å². The highest BCUT2D eigenvalue weighted by molar-refractivity contribution is 6.04. The second kappa shape index (κ2) is 7.81. The van der Waals surface area contributed by atoms with Gasteiger partial charge in [-0.05, 0) is 56.6 Å². The van der Waals surface area contributed by atoms with Gasteiger partial charge in [0.2, 0.25) is 0 Å². The maximum Gasteiger partial charge on any atom is 0.150 e. The van der Waals surface area contributed by atoms with E-state index in [4.69, 9.17) is 0 Å². The van der Waals surface area contributed by atoms with E-state index >= 15 is 0 Å². The first-order chi connectivity index (χ1) is 14.8. The molecule has 0 saturated heterocycles. The van der Waals surface area contributed by atoms with E-state index in [1.54, 1.807) is 0 Å². The number of benzene rings is 1. The molecule has 30 heavy (non-hydrogen) atoms. The summed E-state index contributed by atoms with van der Waals surface area (Å²) in [7, 11) is 0. The highest BCUT2D eigenvalue weighted by Crippen LogP contribution is 2.45. The molecule has 0 amide bonds. The van der Waals surface area contributed by atoms with Crippen LogP contribution in [0.4, 0.5) is 0 Å². The molecule has 0 N–H and O–H groups in total. The van der Waals surface area contributed by atoms with Gasteiger partial charge in [-0.25, -0.2) is 0 Å². The van der Waals surface area contributed by atoms with Crippen LogP contribution in [0.2, 0.25) is 0 Å². The van der Waals surface area contributed by atoms with E-state index in [2.05, 4.69) is 66.7 Å². The van der Waals surface area contributed by atoms with Crippen molar-refractivity contribution in [3.8, 4) is 33.4 Å². The Balaban J connectivity index is 1.71. The molecule has 4 aliphatic carbocycles. The third-order valence-corrected chi connectivity index (χ3v) is 5.55. The van der Waals surface area contributed by atoms with Crippen molar-refractivity contribution in [3.05, 3.63) is 120 Å². The predicted octanol–water partition coefficient (Wildman–Crippen LogP) is 7.55. The number of rotatable bonds is 4. The van der Waals surface area contributed by atoms with Crippen LogP contribution >= 0.6 is 0 Å². The van der Waals surface area contributed by atoms with Gasteiger partial charge in [-0.15, -0.1) is 0 Å². The zero-order chi connectivity index (χ0) is 20.3. The van der Waals surface area contributed by atoms with Crippen LogP contribution in [-0.2, 0) is 0 Å². The smallest absolute Gasteiger partial charge is 0.150 e. The van der Waals surface area contributed by atoms with Crippen molar-refractivity contribution in [3.63, 3.8) is 0 Å². The number of aldehydes is 1. The lowest BCUT2D eigenvalue weighted by molar-refractivity contribution is 0.112. The van der Waals surface area contributed by atoms with E-state index in [1.165, 1.54) is 22.3 Å². The van der Waals surface area contributed by atoms with Crippen LogP contribution in [0.3, 0.4) is 0 Å². The molecule has 0 saturated carbocycles. The summed E-state index contributed by atoms with van der Waals surface area (Å²) in [4.78, 5) is 11.7. The van der Waals surface area contributed by atoms with Gasteiger partial charge in [-0.3, -0.25) is 4.79 Å². The highest BCUT2D eigenvalue weighted by atomic mass is 16.1. The van der Waals surface area contributed by atoms with Gasteiger partial charge in [-0.2, -0.15) is 0 Å². The lowest BCUT2D eigenvalue weighted by Gasteiger charge is -2.03. The second-order valence-electron chi connectivity index (χ2n) is 7.36. The minimum Gasteiger partial charge on any atom is -0.298 e. The summed E-state index contributed by atoms with van der Waals surface area (Å²) in [6, 6.07) is 35.2. The van der Waals surface area contributed by atoms with Gasteiger partial charge < -0.3 is 0 Å². The molecular formula is C29H20O. The molecule has 0 aromatic heterocycles. The molecule has 0 radical (unpaired) electrons. The molecule has 142 valence electrons. The van der Waals surface area contributed by atoms with Crippen LogP contribution in [0.1, 0.15) is 21.5 Å². The maximum absolute atomic E-state index is 11.7. The number of carbonyl (C=O) groups excluding carboxylic acids is 1. The molecule has 1 nitrogen and oxygen atoms in total. The summed E-state index contributed by atoms with van der Waals surface area (Å²) in [6.45, 7) is 0. The topological polar surface area (TPSA) is 17.1 Å². The standard InChI is InChI=1S/C29H20O/c30-20-23-19-29(27-15-9-3-7-13-25(23)27)28-18-22(17-16-21-10-4-1-5-11-21)24-12-6-2-8-14-26(24)28/h1-20H/b17-16+. The molecule has 0 heterocycles. The van der Waals surface area contributed by atoms with Gasteiger partial charge in [0.1, 0.15) is 0 Å².